The van der Waals surface area contributed by atoms with Gasteiger partial charge in [-0.1, -0.05) is 0 Å². The molecule has 16 nitrogen and oxygen atoms in total. The number of hydrogen-bond acceptors (Lipinski definition) is 16. The predicted octanol–water partition coefficient (Wildman–Crippen LogP) is -6.49. The maximum absolute atomic E-state index is 8.52. The molecule has 0 spiro atoms. The van der Waals surface area contributed by atoms with Crippen molar-refractivity contribution in [1.29, 1.82) is 0 Å². The molecule has 0 amide bonds. The van der Waals surface area contributed by atoms with Gasteiger partial charge in [0.25, 0.3) is 0 Å². The normalized spacial score (nSPS) is 10.1. The van der Waals surface area contributed by atoms with Crippen LogP contribution >= 0.6 is 0 Å². The second-order valence-electron chi connectivity index (χ2n) is 1.63. The molecule has 0 aliphatic carbocycles. The fourth-order valence-corrected chi connectivity index (χ4v) is 0. The molecule has 0 aliphatic rings. The van der Waals surface area contributed by atoms with Gasteiger partial charge in [0.2, 0.25) is 0 Å². The molecule has 0 aromatic carbocycles. The Morgan fingerprint density at radius 3 is 0.348 bits per heavy atom. The zero-order valence-electron chi connectivity index (χ0n) is 10.0. The summed E-state index contributed by atoms with van der Waals surface area (Å²) in [5.74, 6) is 0. The van der Waals surface area contributed by atoms with Gasteiger partial charge in [-0.15, -0.1) is 0 Å². The Bertz CT molecular complexity index is 483. The maximum Gasteiger partial charge on any atom is 3.00 e. The van der Waals surface area contributed by atoms with Crippen LogP contribution in [0.15, 0.2) is 0 Å². The Hall–Kier alpha value is 1.80. The van der Waals surface area contributed by atoms with Crippen molar-refractivity contribution in [3.05, 3.63) is 0 Å². The summed E-state index contributed by atoms with van der Waals surface area (Å²) in [6.07, 6.45) is 0. The van der Waals surface area contributed by atoms with Crippen LogP contribution in [0.5, 0.6) is 0 Å². The minimum atomic E-state index is -5.17. The van der Waals surface area contributed by atoms with E-state index in [9.17, 15) is 0 Å². The second kappa shape index (κ2) is 18.6. The summed E-state index contributed by atoms with van der Waals surface area (Å²) in [6, 6.07) is 0. The molecule has 0 atom stereocenters. The SMILES string of the molecule is O=S(=O)([O-])[O-].O=S(=O)([O-])[O-].O=S(=O)([O-])[O-].O=S(=O)([O-])[O-].[Al+3].[Al+3].[Ca+2]. The summed E-state index contributed by atoms with van der Waals surface area (Å²) in [5.41, 5.74) is 0. The minimum Gasteiger partial charge on any atom is -0.759 e. The summed E-state index contributed by atoms with van der Waals surface area (Å²) in [7, 11) is -20.7. The van der Waals surface area contributed by atoms with Gasteiger partial charge in [0.1, 0.15) is 0 Å². The Morgan fingerprint density at radius 1 is 0.348 bits per heavy atom. The van der Waals surface area contributed by atoms with Gasteiger partial charge < -0.3 is 36.4 Å². The van der Waals surface area contributed by atoms with Crippen molar-refractivity contribution in [2.24, 2.45) is 0 Å². The first-order valence-corrected chi connectivity index (χ1v) is 8.00. The molecule has 0 aliphatic heterocycles. The van der Waals surface area contributed by atoms with Gasteiger partial charge in [0, 0.05) is 41.6 Å². The summed E-state index contributed by atoms with van der Waals surface area (Å²) in [5, 5.41) is 0. The Balaban J connectivity index is -0.0000000284. The van der Waals surface area contributed by atoms with Gasteiger partial charge >= 0.3 is 72.5 Å². The van der Waals surface area contributed by atoms with E-state index in [1.54, 1.807) is 0 Å². The van der Waals surface area contributed by atoms with Gasteiger partial charge in [0.05, 0.1) is 0 Å². The van der Waals surface area contributed by atoms with E-state index in [-0.39, 0.29) is 72.5 Å². The molecule has 0 N–H and O–H groups in total. The van der Waals surface area contributed by atoms with Crippen molar-refractivity contribution >= 4 is 114 Å². The molecule has 23 heteroatoms. The van der Waals surface area contributed by atoms with Crippen LogP contribution in [-0.4, -0.2) is 143 Å². The van der Waals surface area contributed by atoms with Crippen LogP contribution < -0.4 is 0 Å². The molecule has 0 aromatic rings. The van der Waals surface area contributed by atoms with E-state index in [1.807, 2.05) is 0 Å². The van der Waals surface area contributed by atoms with Crippen molar-refractivity contribution in [3.63, 3.8) is 0 Å². The van der Waals surface area contributed by atoms with E-state index < -0.39 is 41.6 Å². The molecule has 0 saturated carbocycles. The van der Waals surface area contributed by atoms with Crippen LogP contribution in [0.25, 0.3) is 0 Å². The van der Waals surface area contributed by atoms with Gasteiger partial charge in [-0.3, -0.25) is 33.7 Å². The minimum absolute atomic E-state index is 0. The van der Waals surface area contributed by atoms with E-state index >= 15 is 0 Å². The third-order valence-corrected chi connectivity index (χ3v) is 0. The largest absolute Gasteiger partial charge is 3.00 e. The average molecular weight is 478 g/mol. The van der Waals surface area contributed by atoms with Crippen molar-refractivity contribution in [2.75, 3.05) is 0 Å². The van der Waals surface area contributed by atoms with Gasteiger partial charge in [-0.25, -0.2) is 0 Å². The average Bonchev–Trinajstić information content (AvgIpc) is 1.62. The molecule has 0 aromatic heterocycles. The van der Waals surface area contributed by atoms with Gasteiger partial charge in [-0.2, -0.15) is 0 Å². The quantitative estimate of drug-likeness (QED) is 0.177. The summed E-state index contributed by atoms with van der Waals surface area (Å²) < 4.78 is 136. The number of rotatable bonds is 0. The van der Waals surface area contributed by atoms with E-state index in [1.165, 1.54) is 0 Å². The Labute approximate surface area is 182 Å². The van der Waals surface area contributed by atoms with E-state index in [0.29, 0.717) is 0 Å². The van der Waals surface area contributed by atoms with Crippen LogP contribution in [0.2, 0.25) is 0 Å². The summed E-state index contributed by atoms with van der Waals surface area (Å²) >= 11 is 0. The summed E-state index contributed by atoms with van der Waals surface area (Å²) in [6.45, 7) is 0. The molecule has 0 saturated heterocycles. The van der Waals surface area contributed by atoms with Crippen molar-refractivity contribution in [3.8, 4) is 0 Å². The summed E-state index contributed by atoms with van der Waals surface area (Å²) in [4.78, 5) is 0. The van der Waals surface area contributed by atoms with Crippen molar-refractivity contribution in [2.45, 2.75) is 0 Å². The van der Waals surface area contributed by atoms with Gasteiger partial charge in [0.15, 0.2) is 0 Å². The Kier molecular flexibility index (Phi) is 35.8. The van der Waals surface area contributed by atoms with Crippen LogP contribution in [0.4, 0.5) is 0 Å². The number of hydrogen-bond donors (Lipinski definition) is 0. The van der Waals surface area contributed by atoms with E-state index in [4.69, 9.17) is 70.1 Å². The molecular formula is Al2CaO16S4. The first-order valence-electron chi connectivity index (χ1n) is 2.67. The van der Waals surface area contributed by atoms with Crippen LogP contribution in [0, 0.1) is 0 Å². The molecule has 0 fully saturated rings. The molecule has 23 heavy (non-hydrogen) atoms. The van der Waals surface area contributed by atoms with Crippen LogP contribution in [0.3, 0.4) is 0 Å². The van der Waals surface area contributed by atoms with Gasteiger partial charge in [-0.05, 0) is 0 Å². The molecular weight excluding hydrogens is 478 g/mol. The molecule has 128 valence electrons. The molecule has 0 bridgehead atoms. The first-order chi connectivity index (χ1) is 8.00. The standard InChI is InChI=1S/2Al.Ca.4H2O4S/c;;;4*1-5(2,3)4/h;;;4*(H2,1,2,3,4)/q2*+3;+2;;;;/p-8. The Morgan fingerprint density at radius 2 is 0.348 bits per heavy atom. The fourth-order valence-electron chi connectivity index (χ4n) is 0. The van der Waals surface area contributed by atoms with Crippen LogP contribution in [-0.2, 0) is 41.6 Å². The second-order valence-corrected chi connectivity index (χ2v) is 4.90. The predicted molar refractivity (Wildman–Crippen MR) is 59.2 cm³/mol. The zero-order chi connectivity index (χ0) is 18.0. The van der Waals surface area contributed by atoms with Crippen molar-refractivity contribution < 1.29 is 70.1 Å². The third kappa shape index (κ3) is 3480. The first kappa shape index (κ1) is 44.3. The monoisotopic (exact) mass is 478 g/mol. The maximum atomic E-state index is 8.52. The van der Waals surface area contributed by atoms with E-state index in [0.717, 1.165) is 0 Å². The molecule has 0 radical (unpaired) electrons. The zero-order valence-corrected chi connectivity index (χ0v) is 17.8. The third-order valence-electron chi connectivity index (χ3n) is 0. The van der Waals surface area contributed by atoms with E-state index in [2.05, 4.69) is 0 Å². The molecule has 0 unspecified atom stereocenters. The molecule has 0 heterocycles. The topological polar surface area (TPSA) is 321 Å². The van der Waals surface area contributed by atoms with Crippen LogP contribution in [0.1, 0.15) is 0 Å². The van der Waals surface area contributed by atoms with Crippen molar-refractivity contribution in [1.82, 2.24) is 0 Å². The fraction of sp³-hybridized carbons (Fsp3) is 0. The smallest absolute Gasteiger partial charge is 0.759 e. The molecule has 0 rings (SSSR count).